The van der Waals surface area contributed by atoms with Crippen LogP contribution in [0.5, 0.6) is 0 Å². The van der Waals surface area contributed by atoms with E-state index in [4.69, 9.17) is 10.5 Å². The predicted molar refractivity (Wildman–Crippen MR) is 84.9 cm³/mol. The molecule has 1 aliphatic rings. The first kappa shape index (κ1) is 15.5. The van der Waals surface area contributed by atoms with E-state index in [0.29, 0.717) is 0 Å². The lowest BCUT2D eigenvalue weighted by Gasteiger charge is -2.41. The van der Waals surface area contributed by atoms with Gasteiger partial charge in [0.25, 0.3) is 0 Å². The number of benzene rings is 1. The number of rotatable bonds is 6. The maximum Gasteiger partial charge on any atom is 0.0835 e. The predicted octanol–water partition coefficient (Wildman–Crippen LogP) is 3.86. The van der Waals surface area contributed by atoms with E-state index in [-0.39, 0.29) is 11.6 Å². The zero-order valence-corrected chi connectivity index (χ0v) is 13.0. The zero-order chi connectivity index (χ0) is 14.4. The molecule has 1 atom stereocenters. The van der Waals surface area contributed by atoms with Gasteiger partial charge in [0, 0.05) is 12.6 Å². The molecule has 0 amide bonds. The van der Waals surface area contributed by atoms with Gasteiger partial charge in [0.05, 0.1) is 5.60 Å². The second-order valence-corrected chi connectivity index (χ2v) is 6.04. The highest BCUT2D eigenvalue weighted by atomic mass is 16.5. The maximum absolute atomic E-state index is 6.55. The van der Waals surface area contributed by atoms with Crippen molar-refractivity contribution < 1.29 is 4.74 Å². The first-order chi connectivity index (χ1) is 9.70. The van der Waals surface area contributed by atoms with E-state index in [2.05, 4.69) is 38.1 Å². The van der Waals surface area contributed by atoms with Gasteiger partial charge in [0.2, 0.25) is 0 Å². The molecule has 1 fully saturated rings. The minimum absolute atomic E-state index is 0.0869. The summed E-state index contributed by atoms with van der Waals surface area (Å²) in [5.74, 6) is 0. The summed E-state index contributed by atoms with van der Waals surface area (Å²) in [6.45, 7) is 5.04. The molecule has 20 heavy (non-hydrogen) atoms. The van der Waals surface area contributed by atoms with Gasteiger partial charge in [-0.3, -0.25) is 0 Å². The summed E-state index contributed by atoms with van der Waals surface area (Å²) in [5.41, 5.74) is 9.18. The number of hydrogen-bond acceptors (Lipinski definition) is 2. The third kappa shape index (κ3) is 3.62. The van der Waals surface area contributed by atoms with Crippen LogP contribution < -0.4 is 5.73 Å². The number of hydrogen-bond donors (Lipinski definition) is 1. The Balaban J connectivity index is 2.05. The first-order valence-corrected chi connectivity index (χ1v) is 8.17. The van der Waals surface area contributed by atoms with Crippen molar-refractivity contribution in [2.45, 2.75) is 70.4 Å². The van der Waals surface area contributed by atoms with Gasteiger partial charge in [0.15, 0.2) is 0 Å². The van der Waals surface area contributed by atoms with Gasteiger partial charge in [-0.05, 0) is 43.7 Å². The van der Waals surface area contributed by atoms with Crippen molar-refractivity contribution in [2.75, 3.05) is 6.61 Å². The van der Waals surface area contributed by atoms with Crippen LogP contribution in [0.4, 0.5) is 0 Å². The molecule has 2 rings (SSSR count). The van der Waals surface area contributed by atoms with Gasteiger partial charge in [0.1, 0.15) is 0 Å². The van der Waals surface area contributed by atoms with Crippen LogP contribution >= 0.6 is 0 Å². The lowest BCUT2D eigenvalue weighted by molar-refractivity contribution is -0.0817. The normalized spacial score (nSPS) is 19.8. The highest BCUT2D eigenvalue weighted by molar-refractivity contribution is 5.23. The third-order valence-electron chi connectivity index (χ3n) is 4.69. The molecule has 1 aromatic rings. The van der Waals surface area contributed by atoms with Gasteiger partial charge in [-0.25, -0.2) is 0 Å². The Morgan fingerprint density at radius 3 is 2.20 bits per heavy atom. The van der Waals surface area contributed by atoms with Gasteiger partial charge >= 0.3 is 0 Å². The van der Waals surface area contributed by atoms with E-state index in [0.717, 1.165) is 32.3 Å². The Hall–Kier alpha value is -0.860. The molecule has 1 saturated carbocycles. The molecule has 0 aliphatic heterocycles. The average molecular weight is 275 g/mol. The van der Waals surface area contributed by atoms with E-state index in [1.54, 1.807) is 0 Å². The standard InChI is InChI=1S/C18H29NO/c1-3-15-8-10-16(11-9-15)14-17(19)18(20-4-2)12-6-5-7-13-18/h8-11,17H,3-7,12-14,19H2,1-2H3. The Labute approximate surface area is 123 Å². The van der Waals surface area contributed by atoms with Crippen LogP contribution in [0.1, 0.15) is 57.1 Å². The molecule has 1 aromatic carbocycles. The number of nitrogens with two attached hydrogens (primary N) is 1. The molecular weight excluding hydrogens is 246 g/mol. The Morgan fingerprint density at radius 1 is 1.05 bits per heavy atom. The summed E-state index contributed by atoms with van der Waals surface area (Å²) in [5, 5.41) is 0. The maximum atomic E-state index is 6.55. The molecular formula is C18H29NO. The van der Waals surface area contributed by atoms with Gasteiger partial charge in [-0.1, -0.05) is 50.5 Å². The molecule has 112 valence electrons. The van der Waals surface area contributed by atoms with Gasteiger partial charge < -0.3 is 10.5 Å². The van der Waals surface area contributed by atoms with Crippen molar-refractivity contribution in [3.05, 3.63) is 35.4 Å². The first-order valence-electron chi connectivity index (χ1n) is 8.17. The summed E-state index contributed by atoms with van der Waals surface area (Å²) < 4.78 is 6.12. The average Bonchev–Trinajstić information content (AvgIpc) is 2.49. The van der Waals surface area contributed by atoms with E-state index < -0.39 is 0 Å². The molecule has 0 bridgehead atoms. The topological polar surface area (TPSA) is 35.2 Å². The molecule has 2 heteroatoms. The molecule has 1 aliphatic carbocycles. The monoisotopic (exact) mass is 275 g/mol. The number of aryl methyl sites for hydroxylation is 1. The fourth-order valence-corrected chi connectivity index (χ4v) is 3.41. The van der Waals surface area contributed by atoms with Crippen LogP contribution in [0.25, 0.3) is 0 Å². The fraction of sp³-hybridized carbons (Fsp3) is 0.667. The summed E-state index contributed by atoms with van der Waals surface area (Å²) in [7, 11) is 0. The zero-order valence-electron chi connectivity index (χ0n) is 13.0. The number of ether oxygens (including phenoxy) is 1. The Kier molecular flexibility index (Phi) is 5.62. The minimum atomic E-state index is -0.0869. The minimum Gasteiger partial charge on any atom is -0.374 e. The lowest BCUT2D eigenvalue weighted by atomic mass is 9.77. The van der Waals surface area contributed by atoms with Crippen LogP contribution in [0, 0.1) is 0 Å². The molecule has 0 aromatic heterocycles. The molecule has 0 saturated heterocycles. The van der Waals surface area contributed by atoms with Crippen molar-refractivity contribution in [3.8, 4) is 0 Å². The van der Waals surface area contributed by atoms with Crippen molar-refractivity contribution in [1.82, 2.24) is 0 Å². The van der Waals surface area contributed by atoms with Crippen LogP contribution in [0.2, 0.25) is 0 Å². The van der Waals surface area contributed by atoms with E-state index >= 15 is 0 Å². The molecule has 1 unspecified atom stereocenters. The summed E-state index contributed by atoms with van der Waals surface area (Å²) in [4.78, 5) is 0. The lowest BCUT2D eigenvalue weighted by Crippen LogP contribution is -2.52. The fourth-order valence-electron chi connectivity index (χ4n) is 3.41. The van der Waals surface area contributed by atoms with Crippen molar-refractivity contribution in [3.63, 3.8) is 0 Å². The van der Waals surface area contributed by atoms with E-state index in [9.17, 15) is 0 Å². The quantitative estimate of drug-likeness (QED) is 0.855. The Morgan fingerprint density at radius 2 is 1.65 bits per heavy atom. The highest BCUT2D eigenvalue weighted by Crippen LogP contribution is 2.35. The van der Waals surface area contributed by atoms with Crippen LogP contribution in [-0.2, 0) is 17.6 Å². The summed E-state index contributed by atoms with van der Waals surface area (Å²) in [6, 6.07) is 8.99. The van der Waals surface area contributed by atoms with E-state index in [1.807, 2.05) is 0 Å². The van der Waals surface area contributed by atoms with Crippen LogP contribution in [0.15, 0.2) is 24.3 Å². The second-order valence-electron chi connectivity index (χ2n) is 6.04. The SMILES string of the molecule is CCOC1(C(N)Cc2ccc(CC)cc2)CCCCC1. The van der Waals surface area contributed by atoms with Gasteiger partial charge in [-0.2, -0.15) is 0 Å². The molecule has 0 heterocycles. The van der Waals surface area contributed by atoms with Crippen molar-refractivity contribution >= 4 is 0 Å². The largest absolute Gasteiger partial charge is 0.374 e. The highest BCUT2D eigenvalue weighted by Gasteiger charge is 2.38. The summed E-state index contributed by atoms with van der Waals surface area (Å²) in [6.07, 6.45) is 8.08. The second kappa shape index (κ2) is 7.24. The van der Waals surface area contributed by atoms with Crippen molar-refractivity contribution in [1.29, 1.82) is 0 Å². The van der Waals surface area contributed by atoms with Crippen LogP contribution in [-0.4, -0.2) is 18.2 Å². The van der Waals surface area contributed by atoms with Gasteiger partial charge in [-0.15, -0.1) is 0 Å². The smallest absolute Gasteiger partial charge is 0.0835 e. The third-order valence-corrected chi connectivity index (χ3v) is 4.69. The van der Waals surface area contributed by atoms with E-state index in [1.165, 1.54) is 30.4 Å². The molecule has 2 nitrogen and oxygen atoms in total. The molecule has 0 radical (unpaired) electrons. The van der Waals surface area contributed by atoms with Crippen LogP contribution in [0.3, 0.4) is 0 Å². The van der Waals surface area contributed by atoms with Crippen molar-refractivity contribution in [2.24, 2.45) is 5.73 Å². The summed E-state index contributed by atoms with van der Waals surface area (Å²) >= 11 is 0. The Bertz CT molecular complexity index is 387. The molecule has 0 spiro atoms. The molecule has 2 N–H and O–H groups in total.